The minimum absolute atomic E-state index is 0.00437. The van der Waals surface area contributed by atoms with Crippen LogP contribution in [0.2, 0.25) is 10.0 Å². The first-order chi connectivity index (χ1) is 33.9. The summed E-state index contributed by atoms with van der Waals surface area (Å²) in [5, 5.41) is 42.6. The van der Waals surface area contributed by atoms with Crippen LogP contribution in [0.15, 0.2) is 97.1 Å². The number of primary amides is 1. The third-order valence-corrected chi connectivity index (χ3v) is 11.8. The Kier molecular flexibility index (Phi) is 22.9. The molecule has 0 aliphatic carbocycles. The summed E-state index contributed by atoms with van der Waals surface area (Å²) in [5.74, 6) is -4.40. The van der Waals surface area contributed by atoms with E-state index in [1.807, 2.05) is 72.8 Å². The van der Waals surface area contributed by atoms with Crippen LogP contribution >= 0.6 is 23.2 Å². The number of nitrogens with one attached hydrogen (secondary N) is 10. The van der Waals surface area contributed by atoms with Crippen molar-refractivity contribution in [2.24, 2.45) is 28.7 Å². The monoisotopic (exact) mass is 1010 g/mol. The number of guanidine groups is 3. The van der Waals surface area contributed by atoms with E-state index in [1.165, 1.54) is 0 Å². The van der Waals surface area contributed by atoms with Crippen molar-refractivity contribution in [3.63, 3.8) is 0 Å². The van der Waals surface area contributed by atoms with Crippen LogP contribution in [0, 0.1) is 16.2 Å². The molecule has 20 nitrogen and oxygen atoms in total. The molecular weight excluding hydrogens is 950 g/mol. The average molecular weight is 1020 g/mol. The summed E-state index contributed by atoms with van der Waals surface area (Å²) >= 11 is 12.2. The van der Waals surface area contributed by atoms with Gasteiger partial charge in [-0.3, -0.25) is 40.2 Å². The summed E-state index contributed by atoms with van der Waals surface area (Å²) in [6, 6.07) is 23.7. The molecule has 0 saturated carbocycles. The fourth-order valence-corrected chi connectivity index (χ4v) is 7.64. The second-order valence-corrected chi connectivity index (χ2v) is 17.7. The van der Waals surface area contributed by atoms with Gasteiger partial charge in [0.05, 0.1) is 6.04 Å². The molecule has 0 aliphatic heterocycles. The van der Waals surface area contributed by atoms with Gasteiger partial charge in [-0.2, -0.15) is 0 Å². The van der Waals surface area contributed by atoms with Gasteiger partial charge in [0, 0.05) is 36.1 Å². The minimum Gasteiger partial charge on any atom is -0.370 e. The van der Waals surface area contributed by atoms with Gasteiger partial charge in [0.15, 0.2) is 17.9 Å². The van der Waals surface area contributed by atoms with Gasteiger partial charge in [0.25, 0.3) is 0 Å². The van der Waals surface area contributed by atoms with Crippen molar-refractivity contribution in [3.05, 3.63) is 118 Å². The molecule has 5 atom stereocenters. The second-order valence-electron chi connectivity index (χ2n) is 16.9. The van der Waals surface area contributed by atoms with Gasteiger partial charge in [-0.15, -0.1) is 0 Å². The number of rotatable bonds is 28. The molecule has 4 aromatic rings. The Morgan fingerprint density at radius 2 is 0.775 bits per heavy atom. The van der Waals surface area contributed by atoms with Gasteiger partial charge >= 0.3 is 0 Å². The molecule has 22 heteroatoms. The van der Waals surface area contributed by atoms with E-state index in [9.17, 15) is 24.0 Å². The van der Waals surface area contributed by atoms with Crippen LogP contribution < -0.4 is 65.9 Å². The highest BCUT2D eigenvalue weighted by Crippen LogP contribution is 2.24. The second kappa shape index (κ2) is 28.9. The summed E-state index contributed by atoms with van der Waals surface area (Å²) < 4.78 is 0. The van der Waals surface area contributed by atoms with Gasteiger partial charge in [-0.05, 0) is 109 Å². The summed E-state index contributed by atoms with van der Waals surface area (Å²) in [5.41, 5.74) is 33.4. The van der Waals surface area contributed by atoms with Crippen molar-refractivity contribution in [1.82, 2.24) is 37.2 Å². The van der Waals surface area contributed by atoms with Gasteiger partial charge in [0.2, 0.25) is 29.5 Å². The van der Waals surface area contributed by atoms with Crippen molar-refractivity contribution < 1.29 is 24.0 Å². The molecule has 380 valence electrons. The molecule has 20 N–H and O–H groups in total. The normalized spacial score (nSPS) is 12.9. The molecule has 0 spiro atoms. The maximum atomic E-state index is 14.5. The van der Waals surface area contributed by atoms with E-state index in [0.717, 1.165) is 27.8 Å². The van der Waals surface area contributed by atoms with E-state index < -0.39 is 59.7 Å². The smallest absolute Gasteiger partial charge is 0.243 e. The van der Waals surface area contributed by atoms with Crippen LogP contribution in [0.4, 0.5) is 0 Å². The van der Waals surface area contributed by atoms with Crippen LogP contribution in [-0.2, 0) is 36.8 Å². The lowest BCUT2D eigenvalue weighted by molar-refractivity contribution is -0.134. The molecule has 0 unspecified atom stereocenters. The molecule has 0 fully saturated rings. The highest BCUT2D eigenvalue weighted by molar-refractivity contribution is 6.31. The molecule has 0 saturated heterocycles. The third-order valence-electron chi connectivity index (χ3n) is 11.3. The zero-order valence-corrected chi connectivity index (χ0v) is 40.8. The van der Waals surface area contributed by atoms with Crippen LogP contribution in [0.25, 0.3) is 22.3 Å². The number of carbonyl (C=O) groups excluding carboxylic acids is 5. The van der Waals surface area contributed by atoms with E-state index in [4.69, 9.17) is 68.1 Å². The van der Waals surface area contributed by atoms with Crippen LogP contribution in [0.5, 0.6) is 0 Å². The SMILES string of the molecule is N=C(N)NCCC[C@@H](N)C(=O)N[C@H](Cc1ccc(-c2ccc(Cl)cc2)cc1)C(=O)N[C@H](CCCNC(=N)N)C(=O)N[C@H](CCc1ccc(-c2ccc(Cl)cc2)cc1)C(=O)N[C@H](CCCNC(=N)N)C(N)=O. The summed E-state index contributed by atoms with van der Waals surface area (Å²) in [4.78, 5) is 69.2. The zero-order chi connectivity index (χ0) is 51.9. The first kappa shape index (κ1) is 56.2. The molecule has 4 rings (SSSR count). The predicted octanol–water partition coefficient (Wildman–Crippen LogP) is 2.04. The molecule has 71 heavy (non-hydrogen) atoms. The number of halogens is 2. The van der Waals surface area contributed by atoms with Crippen molar-refractivity contribution >= 4 is 70.6 Å². The van der Waals surface area contributed by atoms with Crippen molar-refractivity contribution in [3.8, 4) is 22.3 Å². The molecule has 0 aliphatic rings. The molecule has 0 bridgehead atoms. The third kappa shape index (κ3) is 20.2. The summed E-state index contributed by atoms with van der Waals surface area (Å²) in [6.45, 7) is 0.700. The van der Waals surface area contributed by atoms with Crippen molar-refractivity contribution in [1.29, 1.82) is 16.2 Å². The number of hydrogen-bond acceptors (Lipinski definition) is 9. The van der Waals surface area contributed by atoms with E-state index >= 15 is 0 Å². The molecule has 4 aromatic carbocycles. The quantitative estimate of drug-likeness (QED) is 0.0221. The molecule has 0 heterocycles. The first-order valence-corrected chi connectivity index (χ1v) is 23.8. The Hall–Kier alpha value is -7.42. The number of benzene rings is 4. The van der Waals surface area contributed by atoms with Gasteiger partial charge in [0.1, 0.15) is 24.2 Å². The molecular formula is C49H65Cl2N15O5. The highest BCUT2D eigenvalue weighted by Gasteiger charge is 2.32. The van der Waals surface area contributed by atoms with Gasteiger partial charge in [-0.25, -0.2) is 0 Å². The number of nitrogens with two attached hydrogens (primary N) is 5. The fraction of sp³-hybridized carbons (Fsp3) is 0.347. The van der Waals surface area contributed by atoms with Crippen molar-refractivity contribution in [2.75, 3.05) is 19.6 Å². The Balaban J connectivity index is 1.61. The lowest BCUT2D eigenvalue weighted by atomic mass is 9.99. The number of amides is 5. The van der Waals surface area contributed by atoms with Crippen molar-refractivity contribution in [2.45, 2.75) is 88.0 Å². The van der Waals surface area contributed by atoms with E-state index in [2.05, 4.69) is 37.2 Å². The lowest BCUT2D eigenvalue weighted by Crippen LogP contribution is -2.59. The maximum Gasteiger partial charge on any atom is 0.243 e. The molecule has 0 radical (unpaired) electrons. The molecule has 0 aromatic heterocycles. The summed E-state index contributed by atoms with van der Waals surface area (Å²) in [6.07, 6.45) is 1.62. The Labute approximate surface area is 423 Å². The largest absolute Gasteiger partial charge is 0.370 e. The fourth-order valence-electron chi connectivity index (χ4n) is 7.39. The standard InChI is InChI=1S/C49H65Cl2N15O5/c50-35-20-16-33(17-21-35)31-12-7-29(8-13-31)11-24-40(45(70)63-38(42(53)67)5-2-26-61-48(56)57)65-44(69)39(6-3-27-62-49(58)59)64-46(71)41(66-43(68)37(52)4-1-25-60-47(54)55)28-30-9-14-32(15-10-30)34-18-22-36(51)23-19-34/h7-10,12-23,37-41H,1-6,11,24-28,52H2,(H2,53,67)(H,63,70)(H,64,71)(H,65,69)(H,66,68)(H4,54,55,60)(H4,56,57,61)(H4,58,59,62)/t37-,38-,39-,40-,41-/m1/s1. The minimum atomic E-state index is -1.28. The average Bonchev–Trinajstić information content (AvgIpc) is 3.33. The number of carbonyl (C=O) groups is 5. The van der Waals surface area contributed by atoms with Gasteiger partial charge in [-0.1, -0.05) is 96.0 Å². The Morgan fingerprint density at radius 3 is 1.20 bits per heavy atom. The number of hydrogen-bond donors (Lipinski definition) is 15. The van der Waals surface area contributed by atoms with E-state index in [1.54, 1.807) is 24.3 Å². The summed E-state index contributed by atoms with van der Waals surface area (Å²) in [7, 11) is 0. The number of aryl methyl sites for hydroxylation is 1. The lowest BCUT2D eigenvalue weighted by Gasteiger charge is -2.27. The maximum absolute atomic E-state index is 14.5. The zero-order valence-electron chi connectivity index (χ0n) is 39.3. The Bertz CT molecular complexity index is 2430. The van der Waals surface area contributed by atoms with Crippen LogP contribution in [0.3, 0.4) is 0 Å². The first-order valence-electron chi connectivity index (χ1n) is 23.1. The topological polar surface area (TPSA) is 371 Å². The van der Waals surface area contributed by atoms with E-state index in [-0.39, 0.29) is 69.5 Å². The van der Waals surface area contributed by atoms with Gasteiger partial charge < -0.3 is 65.9 Å². The van der Waals surface area contributed by atoms with Crippen LogP contribution in [-0.4, -0.2) is 97.3 Å². The molecule has 5 amide bonds. The van der Waals surface area contributed by atoms with Crippen LogP contribution in [0.1, 0.15) is 56.1 Å². The Morgan fingerprint density at radius 1 is 0.437 bits per heavy atom. The highest BCUT2D eigenvalue weighted by atomic mass is 35.5. The van der Waals surface area contributed by atoms with E-state index in [0.29, 0.717) is 41.4 Å². The predicted molar refractivity (Wildman–Crippen MR) is 278 cm³/mol.